The molecule has 34 heavy (non-hydrogen) atoms. The third kappa shape index (κ3) is 5.62. The van der Waals surface area contributed by atoms with Crippen LogP contribution in [0.3, 0.4) is 0 Å². The molecule has 0 spiro atoms. The number of aromatic nitrogens is 3. The summed E-state index contributed by atoms with van der Waals surface area (Å²) < 4.78 is 38.4. The molecule has 0 bridgehead atoms. The number of nitrogens with zero attached hydrogens (tertiary/aromatic N) is 2. The van der Waals surface area contributed by atoms with Gasteiger partial charge in [0.2, 0.25) is 5.91 Å². The summed E-state index contributed by atoms with van der Waals surface area (Å²) in [6, 6.07) is 12.2. The molecule has 0 aliphatic rings. The first-order chi connectivity index (χ1) is 16.2. The van der Waals surface area contributed by atoms with E-state index in [0.717, 1.165) is 39.5 Å². The van der Waals surface area contributed by atoms with Gasteiger partial charge in [0.1, 0.15) is 5.65 Å². The molecule has 4 aromatic rings. The first-order valence-corrected chi connectivity index (χ1v) is 10.6. The Morgan fingerprint density at radius 2 is 1.82 bits per heavy atom. The van der Waals surface area contributed by atoms with E-state index in [9.17, 15) is 18.0 Å². The third-order valence-corrected chi connectivity index (χ3v) is 4.97. The molecule has 0 aliphatic heterocycles. The Balaban J connectivity index is 1.44. The van der Waals surface area contributed by atoms with E-state index in [4.69, 9.17) is 0 Å². The van der Waals surface area contributed by atoms with Crippen molar-refractivity contribution < 1.29 is 18.0 Å². The second kappa shape index (κ2) is 9.40. The van der Waals surface area contributed by atoms with Crippen molar-refractivity contribution in [3.8, 4) is 23.0 Å². The molecule has 0 saturated heterocycles. The average molecular weight is 462 g/mol. The van der Waals surface area contributed by atoms with E-state index in [1.807, 2.05) is 38.1 Å². The number of nitrogens with one attached hydrogen (secondary N) is 2. The standard InChI is InChI=1S/C26H21F3N4O/c1-16(2)3-8-22-11-19-10-20(13-31-25(19)33-22)18-6-4-17(5-7-18)9-24(34)32-23-12-21(14-30-15-23)26(27,28)29/h4-7,10-16H,9H2,1-2H3,(H,31,33)(H,32,34). The van der Waals surface area contributed by atoms with Crippen LogP contribution in [0, 0.1) is 17.8 Å². The number of alkyl halides is 3. The number of amides is 1. The molecule has 0 aliphatic carbocycles. The van der Waals surface area contributed by atoms with Gasteiger partial charge < -0.3 is 10.3 Å². The maximum absolute atomic E-state index is 12.8. The van der Waals surface area contributed by atoms with Gasteiger partial charge >= 0.3 is 6.18 Å². The van der Waals surface area contributed by atoms with Crippen molar-refractivity contribution in [1.82, 2.24) is 15.0 Å². The second-order valence-electron chi connectivity index (χ2n) is 8.15. The number of rotatable bonds is 4. The van der Waals surface area contributed by atoms with Crippen LogP contribution in [0.2, 0.25) is 0 Å². The van der Waals surface area contributed by atoms with Crippen molar-refractivity contribution >= 4 is 22.6 Å². The topological polar surface area (TPSA) is 70.7 Å². The number of aromatic amines is 1. The summed E-state index contributed by atoms with van der Waals surface area (Å²) >= 11 is 0. The quantitative estimate of drug-likeness (QED) is 0.375. The Morgan fingerprint density at radius 3 is 2.53 bits per heavy atom. The van der Waals surface area contributed by atoms with Gasteiger partial charge in [0.05, 0.1) is 29.6 Å². The SMILES string of the molecule is CC(C)C#Cc1cc2cc(-c3ccc(CC(=O)Nc4cncc(C(F)(F)F)c4)cc3)cnc2[nH]1. The summed E-state index contributed by atoms with van der Waals surface area (Å²) in [4.78, 5) is 23.5. The van der Waals surface area contributed by atoms with Crippen molar-refractivity contribution in [3.63, 3.8) is 0 Å². The molecule has 5 nitrogen and oxygen atoms in total. The van der Waals surface area contributed by atoms with Crippen LogP contribution in [-0.4, -0.2) is 20.9 Å². The van der Waals surface area contributed by atoms with Gasteiger partial charge in [0.15, 0.2) is 0 Å². The molecule has 0 fully saturated rings. The number of hydrogen-bond donors (Lipinski definition) is 2. The maximum atomic E-state index is 12.8. The summed E-state index contributed by atoms with van der Waals surface area (Å²) in [6.45, 7) is 4.06. The molecular formula is C26H21F3N4O. The smallest absolute Gasteiger partial charge is 0.333 e. The Kier molecular flexibility index (Phi) is 6.37. The fourth-order valence-electron chi connectivity index (χ4n) is 3.33. The molecule has 8 heteroatoms. The van der Waals surface area contributed by atoms with Crippen LogP contribution >= 0.6 is 0 Å². The number of carbonyl (C=O) groups excluding carboxylic acids is 1. The molecule has 0 unspecified atom stereocenters. The summed E-state index contributed by atoms with van der Waals surface area (Å²) in [7, 11) is 0. The van der Waals surface area contributed by atoms with Crippen molar-refractivity contribution in [3.05, 3.63) is 77.9 Å². The highest BCUT2D eigenvalue weighted by molar-refractivity contribution is 5.92. The zero-order chi connectivity index (χ0) is 24.3. The fraction of sp³-hybridized carbons (Fsp3) is 0.192. The predicted molar refractivity (Wildman–Crippen MR) is 125 cm³/mol. The molecule has 2 N–H and O–H groups in total. The average Bonchev–Trinajstić information content (AvgIpc) is 3.20. The minimum absolute atomic E-state index is 0.000206. The molecule has 0 saturated carbocycles. The van der Waals surface area contributed by atoms with E-state index in [1.54, 1.807) is 18.3 Å². The van der Waals surface area contributed by atoms with E-state index in [1.165, 1.54) is 6.20 Å². The Labute approximate surface area is 194 Å². The Bertz CT molecular complexity index is 1390. The van der Waals surface area contributed by atoms with Gasteiger partial charge in [-0.25, -0.2) is 4.98 Å². The highest BCUT2D eigenvalue weighted by atomic mass is 19.4. The lowest BCUT2D eigenvalue weighted by atomic mass is 10.0. The van der Waals surface area contributed by atoms with Crippen molar-refractivity contribution in [2.45, 2.75) is 26.4 Å². The number of anilines is 1. The first kappa shape index (κ1) is 23.1. The lowest BCUT2D eigenvalue weighted by Crippen LogP contribution is -2.15. The fourth-order valence-corrected chi connectivity index (χ4v) is 3.33. The van der Waals surface area contributed by atoms with E-state index >= 15 is 0 Å². The van der Waals surface area contributed by atoms with Gasteiger partial charge in [-0.15, -0.1) is 0 Å². The van der Waals surface area contributed by atoms with Gasteiger partial charge in [0.25, 0.3) is 0 Å². The van der Waals surface area contributed by atoms with Gasteiger partial charge in [0, 0.05) is 29.3 Å². The molecule has 172 valence electrons. The van der Waals surface area contributed by atoms with Crippen molar-refractivity contribution in [1.29, 1.82) is 0 Å². The lowest BCUT2D eigenvalue weighted by molar-refractivity contribution is -0.137. The predicted octanol–water partition coefficient (Wildman–Crippen LogP) is 5.83. The second-order valence-corrected chi connectivity index (χ2v) is 8.15. The number of pyridine rings is 2. The van der Waals surface area contributed by atoms with Crippen LogP contribution in [-0.2, 0) is 17.4 Å². The normalized spacial score (nSPS) is 11.4. The van der Waals surface area contributed by atoms with Crippen LogP contribution in [0.1, 0.15) is 30.7 Å². The van der Waals surface area contributed by atoms with Crippen molar-refractivity contribution in [2.75, 3.05) is 5.32 Å². The van der Waals surface area contributed by atoms with Crippen LogP contribution < -0.4 is 5.32 Å². The number of hydrogen-bond acceptors (Lipinski definition) is 3. The van der Waals surface area contributed by atoms with Crippen LogP contribution in [0.4, 0.5) is 18.9 Å². The largest absolute Gasteiger partial charge is 0.417 e. The molecule has 0 atom stereocenters. The third-order valence-electron chi connectivity index (χ3n) is 4.97. The number of H-pyrrole nitrogens is 1. The highest BCUT2D eigenvalue weighted by Crippen LogP contribution is 2.30. The monoisotopic (exact) mass is 462 g/mol. The van der Waals surface area contributed by atoms with Crippen LogP contribution in [0.15, 0.2) is 61.1 Å². The maximum Gasteiger partial charge on any atom is 0.417 e. The van der Waals surface area contributed by atoms with Gasteiger partial charge in [-0.3, -0.25) is 9.78 Å². The van der Waals surface area contributed by atoms with E-state index in [2.05, 4.69) is 32.1 Å². The number of halogens is 3. The molecule has 3 aromatic heterocycles. The highest BCUT2D eigenvalue weighted by Gasteiger charge is 2.31. The van der Waals surface area contributed by atoms with Gasteiger partial charge in [-0.2, -0.15) is 13.2 Å². The van der Waals surface area contributed by atoms with Crippen LogP contribution in [0.5, 0.6) is 0 Å². The van der Waals surface area contributed by atoms with E-state index < -0.39 is 17.6 Å². The van der Waals surface area contributed by atoms with Crippen LogP contribution in [0.25, 0.3) is 22.2 Å². The molecule has 1 amide bonds. The Hall–Kier alpha value is -4.12. The first-order valence-electron chi connectivity index (χ1n) is 10.6. The number of benzene rings is 1. The van der Waals surface area contributed by atoms with E-state index in [-0.39, 0.29) is 18.0 Å². The Morgan fingerprint density at radius 1 is 1.06 bits per heavy atom. The molecule has 3 heterocycles. The summed E-state index contributed by atoms with van der Waals surface area (Å²) in [5, 5.41) is 3.41. The lowest BCUT2D eigenvalue weighted by Gasteiger charge is -2.09. The minimum Gasteiger partial charge on any atom is -0.333 e. The van der Waals surface area contributed by atoms with E-state index in [0.29, 0.717) is 6.20 Å². The molecule has 0 radical (unpaired) electrons. The summed E-state index contributed by atoms with van der Waals surface area (Å²) in [5.74, 6) is 6.07. The van der Waals surface area contributed by atoms with Gasteiger partial charge in [-0.1, -0.05) is 44.0 Å². The summed E-state index contributed by atoms with van der Waals surface area (Å²) in [6.07, 6.45) is -0.844. The molecule has 1 aromatic carbocycles. The number of fused-ring (bicyclic) bond motifs is 1. The molecule has 4 rings (SSSR count). The number of carbonyl (C=O) groups is 1. The zero-order valence-electron chi connectivity index (χ0n) is 18.5. The minimum atomic E-state index is -4.52. The van der Waals surface area contributed by atoms with Gasteiger partial charge in [-0.05, 0) is 35.2 Å². The summed E-state index contributed by atoms with van der Waals surface area (Å²) in [5.41, 5.74) is 3.22. The molecular weight excluding hydrogens is 441 g/mol. The zero-order valence-corrected chi connectivity index (χ0v) is 18.5. The van der Waals surface area contributed by atoms with Crippen molar-refractivity contribution in [2.24, 2.45) is 5.92 Å².